The first-order chi connectivity index (χ1) is 26.4. The Labute approximate surface area is 316 Å². The molecule has 0 radical (unpaired) electrons. The van der Waals surface area contributed by atoms with Crippen LogP contribution in [-0.4, -0.2) is 30.7 Å². The monoisotopic (exact) mass is 773 g/mol. The first kappa shape index (κ1) is 40.9. The van der Waals surface area contributed by atoms with Gasteiger partial charge in [0, 0.05) is 6.54 Å². The molecular formula is C41H45NO10P2. The molecule has 0 unspecified atom stereocenters. The van der Waals surface area contributed by atoms with Gasteiger partial charge < -0.3 is 0 Å². The number of carbonyl (C=O) groups is 1. The van der Waals surface area contributed by atoms with Crippen molar-refractivity contribution < 1.29 is 45.9 Å². The molecule has 5 aromatic carbocycles. The maximum atomic E-state index is 13.8. The van der Waals surface area contributed by atoms with Crippen molar-refractivity contribution in [2.24, 2.45) is 0 Å². The molecule has 0 saturated carbocycles. The molecule has 0 fully saturated rings. The fourth-order valence-electron chi connectivity index (χ4n) is 4.86. The van der Waals surface area contributed by atoms with Crippen molar-refractivity contribution in [2.75, 3.05) is 19.8 Å². The number of carbonyl (C=O) groups excluding carboxylic acids is 1. The highest BCUT2D eigenvalue weighted by molar-refractivity contribution is 7.48. The Balaban J connectivity index is 1.18. The molecule has 0 spiro atoms. The van der Waals surface area contributed by atoms with Crippen molar-refractivity contribution in [1.29, 1.82) is 0 Å². The van der Waals surface area contributed by atoms with E-state index in [0.717, 1.165) is 32.9 Å². The number of phosphoric acid groups is 2. The lowest BCUT2D eigenvalue weighted by molar-refractivity contribution is -0.194. The molecule has 0 aliphatic carbocycles. The van der Waals surface area contributed by atoms with Gasteiger partial charge in [-0.15, -0.1) is 0 Å². The molecule has 0 aromatic heterocycles. The smallest absolute Gasteiger partial charge is 0.287 e. The summed E-state index contributed by atoms with van der Waals surface area (Å²) in [5, 5.41) is 1.16. The SMILES string of the molecule is O=C(COP(=O)(OCc1ccccc1)OCc1ccccc1)N(CCCCOP(=O)(OCc1ccccc1)OCc1ccccc1)OCc1ccccc1. The van der Waals surface area contributed by atoms with Crippen LogP contribution in [-0.2, 0) is 78.9 Å². The predicted octanol–water partition coefficient (Wildman–Crippen LogP) is 9.84. The second-order valence-corrected chi connectivity index (χ2v) is 15.3. The van der Waals surface area contributed by atoms with Crippen molar-refractivity contribution in [1.82, 2.24) is 5.06 Å². The molecular weight excluding hydrogens is 728 g/mol. The van der Waals surface area contributed by atoms with E-state index in [-0.39, 0.29) is 46.2 Å². The van der Waals surface area contributed by atoms with E-state index in [1.54, 1.807) is 0 Å². The molecule has 0 aliphatic heterocycles. The number of unbranched alkanes of at least 4 members (excludes halogenated alkanes) is 1. The van der Waals surface area contributed by atoms with E-state index in [1.807, 2.05) is 152 Å². The molecule has 0 aliphatic rings. The van der Waals surface area contributed by atoms with E-state index < -0.39 is 28.2 Å². The number of rotatable bonds is 24. The van der Waals surface area contributed by atoms with Crippen LogP contribution >= 0.6 is 15.6 Å². The largest absolute Gasteiger partial charge is 0.475 e. The fourth-order valence-corrected chi connectivity index (χ4v) is 7.16. The minimum atomic E-state index is -4.22. The van der Waals surface area contributed by atoms with Crippen molar-refractivity contribution >= 4 is 21.6 Å². The number of hydroxylamine groups is 2. The highest BCUT2D eigenvalue weighted by Crippen LogP contribution is 2.52. The Hall–Kier alpha value is -4.25. The van der Waals surface area contributed by atoms with Crippen molar-refractivity contribution in [3.63, 3.8) is 0 Å². The molecule has 0 saturated heterocycles. The van der Waals surface area contributed by atoms with E-state index in [0.29, 0.717) is 12.8 Å². The number of phosphoric ester groups is 2. The summed E-state index contributed by atoms with van der Waals surface area (Å²) in [6.07, 6.45) is 0.774. The Morgan fingerprint density at radius 2 is 0.759 bits per heavy atom. The van der Waals surface area contributed by atoms with Crippen LogP contribution in [0, 0.1) is 0 Å². The number of hydrogen-bond donors (Lipinski definition) is 0. The van der Waals surface area contributed by atoms with Crippen LogP contribution in [0.4, 0.5) is 0 Å². The van der Waals surface area contributed by atoms with Gasteiger partial charge in [-0.05, 0) is 40.7 Å². The summed E-state index contributed by atoms with van der Waals surface area (Å²) >= 11 is 0. The lowest BCUT2D eigenvalue weighted by Crippen LogP contribution is -2.35. The number of benzene rings is 5. The summed E-state index contributed by atoms with van der Waals surface area (Å²) in [7, 11) is -8.18. The minimum absolute atomic E-state index is 0.0218. The third kappa shape index (κ3) is 14.9. The topological polar surface area (TPSA) is 119 Å². The first-order valence-corrected chi connectivity index (χ1v) is 20.5. The number of nitrogens with zero attached hydrogens (tertiary/aromatic N) is 1. The van der Waals surface area contributed by atoms with Gasteiger partial charge >= 0.3 is 15.6 Å². The Morgan fingerprint density at radius 3 is 1.13 bits per heavy atom. The van der Waals surface area contributed by atoms with Crippen LogP contribution in [0.1, 0.15) is 40.7 Å². The van der Waals surface area contributed by atoms with E-state index in [2.05, 4.69) is 0 Å². The second kappa shape index (κ2) is 22.2. The summed E-state index contributed by atoms with van der Waals surface area (Å²) in [6.45, 7) is -0.417. The molecule has 5 aromatic rings. The quantitative estimate of drug-likeness (QED) is 0.0341. The predicted molar refractivity (Wildman–Crippen MR) is 204 cm³/mol. The third-order valence-corrected chi connectivity index (χ3v) is 10.5. The van der Waals surface area contributed by atoms with Gasteiger partial charge in [0.1, 0.15) is 13.2 Å². The average Bonchev–Trinajstić information content (AvgIpc) is 3.23. The molecule has 5 rings (SSSR count). The molecule has 54 heavy (non-hydrogen) atoms. The summed E-state index contributed by atoms with van der Waals surface area (Å²) in [5.41, 5.74) is 3.99. The normalized spacial score (nSPS) is 11.7. The molecule has 11 nitrogen and oxygen atoms in total. The van der Waals surface area contributed by atoms with Crippen molar-refractivity contribution in [2.45, 2.75) is 45.9 Å². The standard InChI is InChI=1S/C41H45NO10P2/c43-41(35-52-54(45,50-33-39-24-12-4-13-25-39)51-34-40-26-14-5-15-27-40)42(46-30-36-18-6-1-7-19-36)28-16-17-29-47-53(44,48-31-37-20-8-2-9-21-37)49-32-38-22-10-3-11-23-38/h1-15,18-27H,16-17,28-35H2. The van der Waals surface area contributed by atoms with Gasteiger partial charge in [-0.2, -0.15) is 0 Å². The molecule has 13 heteroatoms. The van der Waals surface area contributed by atoms with E-state index >= 15 is 0 Å². The summed E-state index contributed by atoms with van der Waals surface area (Å²) in [6, 6.07) is 46.3. The van der Waals surface area contributed by atoms with Gasteiger partial charge in [-0.3, -0.25) is 36.8 Å². The number of hydrogen-bond acceptors (Lipinski definition) is 10. The van der Waals surface area contributed by atoms with Crippen LogP contribution < -0.4 is 0 Å². The van der Waals surface area contributed by atoms with Crippen LogP contribution in [0.15, 0.2) is 152 Å². The Bertz CT molecular complexity index is 1790. The molecule has 0 atom stereocenters. The lowest BCUT2D eigenvalue weighted by Gasteiger charge is -2.24. The van der Waals surface area contributed by atoms with Gasteiger partial charge in [0.05, 0.1) is 33.0 Å². The molecule has 1 amide bonds. The highest BCUT2D eigenvalue weighted by Gasteiger charge is 2.30. The maximum absolute atomic E-state index is 13.8. The molecule has 284 valence electrons. The Morgan fingerprint density at radius 1 is 0.426 bits per heavy atom. The van der Waals surface area contributed by atoms with Crippen LogP contribution in [0.3, 0.4) is 0 Å². The number of amides is 1. The fraction of sp³-hybridized carbons (Fsp3) is 0.244. The van der Waals surface area contributed by atoms with Gasteiger partial charge in [-0.1, -0.05) is 152 Å². The molecule has 0 bridgehead atoms. The third-order valence-electron chi connectivity index (χ3n) is 7.79. The first-order valence-electron chi connectivity index (χ1n) is 17.6. The Kier molecular flexibility index (Phi) is 16.8. The van der Waals surface area contributed by atoms with Crippen LogP contribution in [0.2, 0.25) is 0 Å². The summed E-state index contributed by atoms with van der Waals surface area (Å²) in [5.74, 6) is -0.596. The molecule has 0 heterocycles. The van der Waals surface area contributed by atoms with E-state index in [1.165, 1.54) is 0 Å². The zero-order chi connectivity index (χ0) is 37.7. The van der Waals surface area contributed by atoms with Gasteiger partial charge in [0.25, 0.3) is 5.91 Å². The van der Waals surface area contributed by atoms with Crippen molar-refractivity contribution in [3.8, 4) is 0 Å². The van der Waals surface area contributed by atoms with Crippen molar-refractivity contribution in [3.05, 3.63) is 179 Å². The van der Waals surface area contributed by atoms with Gasteiger partial charge in [-0.25, -0.2) is 14.2 Å². The summed E-state index contributed by atoms with van der Waals surface area (Å²) in [4.78, 5) is 19.5. The lowest BCUT2D eigenvalue weighted by atomic mass is 10.2. The zero-order valence-electron chi connectivity index (χ0n) is 29.9. The van der Waals surface area contributed by atoms with Crippen LogP contribution in [0.25, 0.3) is 0 Å². The highest BCUT2D eigenvalue weighted by atomic mass is 31.2. The minimum Gasteiger partial charge on any atom is -0.287 e. The van der Waals surface area contributed by atoms with E-state index in [9.17, 15) is 13.9 Å². The second-order valence-electron chi connectivity index (χ2n) is 12.0. The average molecular weight is 774 g/mol. The summed E-state index contributed by atoms with van der Waals surface area (Å²) < 4.78 is 61.6. The maximum Gasteiger partial charge on any atom is 0.475 e. The molecule has 0 N–H and O–H groups in total. The van der Waals surface area contributed by atoms with Crippen LogP contribution in [0.5, 0.6) is 0 Å². The van der Waals surface area contributed by atoms with Gasteiger partial charge in [0.2, 0.25) is 0 Å². The van der Waals surface area contributed by atoms with E-state index in [4.69, 9.17) is 32.0 Å². The zero-order valence-corrected chi connectivity index (χ0v) is 31.7. The van der Waals surface area contributed by atoms with Gasteiger partial charge in [0.15, 0.2) is 0 Å².